The summed E-state index contributed by atoms with van der Waals surface area (Å²) in [7, 11) is 1.88. The van der Waals surface area contributed by atoms with Crippen LogP contribution in [0.5, 0.6) is 0 Å². The Morgan fingerprint density at radius 1 is 1.20 bits per heavy atom. The van der Waals surface area contributed by atoms with Crippen LogP contribution in [0.1, 0.15) is 10.4 Å². The smallest absolute Gasteiger partial charge is 0.335 e. The number of fused-ring (bicyclic) bond motifs is 1. The Morgan fingerprint density at radius 2 is 1.95 bits per heavy atom. The van der Waals surface area contributed by atoms with Gasteiger partial charge in [0.25, 0.3) is 0 Å². The van der Waals surface area contributed by atoms with Gasteiger partial charge in [-0.25, -0.2) is 9.78 Å². The third kappa shape index (κ3) is 1.99. The van der Waals surface area contributed by atoms with E-state index in [0.717, 1.165) is 22.5 Å². The first-order chi connectivity index (χ1) is 9.66. The molecule has 100 valence electrons. The second kappa shape index (κ2) is 4.70. The zero-order valence-corrected chi connectivity index (χ0v) is 10.8. The van der Waals surface area contributed by atoms with Crippen LogP contribution >= 0.6 is 0 Å². The lowest BCUT2D eigenvalue weighted by molar-refractivity contribution is 0.0697. The maximum atomic E-state index is 10.9. The second-order valence-electron chi connectivity index (χ2n) is 4.38. The van der Waals surface area contributed by atoms with Crippen molar-refractivity contribution in [1.82, 2.24) is 4.98 Å². The van der Waals surface area contributed by atoms with Crippen molar-refractivity contribution in [1.29, 1.82) is 0 Å². The molecule has 0 saturated heterocycles. The Balaban J connectivity index is 2.01. The molecule has 0 bridgehead atoms. The van der Waals surface area contributed by atoms with E-state index in [1.807, 2.05) is 18.0 Å². The fourth-order valence-corrected chi connectivity index (χ4v) is 2.10. The molecule has 0 aliphatic heterocycles. The first-order valence-electron chi connectivity index (χ1n) is 6.06. The van der Waals surface area contributed by atoms with Gasteiger partial charge >= 0.3 is 5.97 Å². The molecule has 0 atom stereocenters. The molecule has 2 aromatic heterocycles. The minimum Gasteiger partial charge on any atom is -0.478 e. The Labute approximate surface area is 115 Å². The molecule has 0 radical (unpaired) electrons. The van der Waals surface area contributed by atoms with Crippen molar-refractivity contribution < 1.29 is 14.3 Å². The number of carboxylic acids is 1. The van der Waals surface area contributed by atoms with Crippen LogP contribution in [0, 0.1) is 0 Å². The van der Waals surface area contributed by atoms with Crippen LogP contribution in [0.15, 0.2) is 53.3 Å². The molecule has 0 amide bonds. The summed E-state index contributed by atoms with van der Waals surface area (Å²) in [6.07, 6.45) is 3.31. The average Bonchev–Trinajstić information content (AvgIpc) is 2.95. The van der Waals surface area contributed by atoms with Crippen molar-refractivity contribution in [3.05, 3.63) is 54.4 Å². The molecule has 0 aliphatic rings. The molecule has 1 N–H and O–H groups in total. The zero-order chi connectivity index (χ0) is 14.1. The number of hydrogen-bond acceptors (Lipinski definition) is 4. The number of nitrogens with zero attached hydrogens (tertiary/aromatic N) is 2. The predicted molar refractivity (Wildman–Crippen MR) is 75.5 cm³/mol. The molecule has 0 fully saturated rings. The second-order valence-corrected chi connectivity index (χ2v) is 4.38. The monoisotopic (exact) mass is 268 g/mol. The molecule has 5 nitrogen and oxygen atoms in total. The third-order valence-electron chi connectivity index (χ3n) is 3.18. The van der Waals surface area contributed by atoms with Gasteiger partial charge in [0.1, 0.15) is 11.4 Å². The van der Waals surface area contributed by atoms with Crippen LogP contribution < -0.4 is 4.90 Å². The van der Waals surface area contributed by atoms with E-state index in [-0.39, 0.29) is 5.56 Å². The van der Waals surface area contributed by atoms with Gasteiger partial charge in [0.2, 0.25) is 0 Å². The van der Waals surface area contributed by atoms with E-state index in [2.05, 4.69) is 4.98 Å². The van der Waals surface area contributed by atoms with Crippen LogP contribution in [0.2, 0.25) is 0 Å². The first kappa shape index (κ1) is 12.2. The lowest BCUT2D eigenvalue weighted by atomic mass is 10.2. The third-order valence-corrected chi connectivity index (χ3v) is 3.18. The number of anilines is 2. The largest absolute Gasteiger partial charge is 0.478 e. The average molecular weight is 268 g/mol. The summed E-state index contributed by atoms with van der Waals surface area (Å²) < 4.78 is 5.35. The Hall–Kier alpha value is -2.82. The van der Waals surface area contributed by atoms with E-state index in [1.54, 1.807) is 42.8 Å². The molecule has 20 heavy (non-hydrogen) atoms. The summed E-state index contributed by atoms with van der Waals surface area (Å²) in [4.78, 5) is 17.1. The molecule has 3 rings (SSSR count). The van der Waals surface area contributed by atoms with Gasteiger partial charge in [-0.15, -0.1) is 0 Å². The Kier molecular flexibility index (Phi) is 2.87. The summed E-state index contributed by atoms with van der Waals surface area (Å²) in [6.45, 7) is 0. The molecule has 2 heterocycles. The Morgan fingerprint density at radius 3 is 2.65 bits per heavy atom. The van der Waals surface area contributed by atoms with Crippen molar-refractivity contribution in [2.24, 2.45) is 0 Å². The van der Waals surface area contributed by atoms with E-state index in [0.29, 0.717) is 0 Å². The van der Waals surface area contributed by atoms with Gasteiger partial charge in [-0.05, 0) is 36.4 Å². The molecular weight excluding hydrogens is 256 g/mol. The fraction of sp³-hybridized carbons (Fsp3) is 0.0667. The van der Waals surface area contributed by atoms with Crippen molar-refractivity contribution in [3.63, 3.8) is 0 Å². The summed E-state index contributed by atoms with van der Waals surface area (Å²) in [6, 6.07) is 10.3. The lowest BCUT2D eigenvalue weighted by Crippen LogP contribution is -2.11. The van der Waals surface area contributed by atoms with Crippen LogP contribution in [-0.2, 0) is 0 Å². The number of rotatable bonds is 3. The maximum Gasteiger partial charge on any atom is 0.335 e. The maximum absolute atomic E-state index is 10.9. The van der Waals surface area contributed by atoms with Gasteiger partial charge in [0.05, 0.1) is 17.2 Å². The molecule has 0 saturated carbocycles. The fourth-order valence-electron chi connectivity index (χ4n) is 2.10. The lowest BCUT2D eigenvalue weighted by Gasteiger charge is -2.18. The van der Waals surface area contributed by atoms with Crippen molar-refractivity contribution >= 4 is 28.4 Å². The summed E-state index contributed by atoms with van der Waals surface area (Å²) >= 11 is 0. The van der Waals surface area contributed by atoms with Crippen LogP contribution in [0.25, 0.3) is 11.0 Å². The summed E-state index contributed by atoms with van der Waals surface area (Å²) in [5.41, 5.74) is 1.89. The highest BCUT2D eigenvalue weighted by molar-refractivity contribution is 5.91. The Bertz CT molecular complexity index is 762. The van der Waals surface area contributed by atoms with E-state index in [9.17, 15) is 4.79 Å². The highest BCUT2D eigenvalue weighted by Crippen LogP contribution is 2.29. The molecular formula is C15H12N2O3. The summed E-state index contributed by atoms with van der Waals surface area (Å²) in [5, 5.41) is 9.82. The van der Waals surface area contributed by atoms with Crippen LogP contribution in [0.3, 0.4) is 0 Å². The van der Waals surface area contributed by atoms with E-state index >= 15 is 0 Å². The standard InChI is InChI=1S/C15H12N2O3/c1-17(11-4-2-10(3-5-11)15(18)19)14-12-7-9-20-13(12)6-8-16-14/h2-9H,1H3,(H,18,19). The normalized spacial score (nSPS) is 10.7. The number of hydrogen-bond donors (Lipinski definition) is 1. The number of carbonyl (C=O) groups is 1. The molecule has 5 heteroatoms. The number of pyridine rings is 1. The molecule has 1 aromatic carbocycles. The van der Waals surface area contributed by atoms with Gasteiger partial charge in [-0.1, -0.05) is 0 Å². The van der Waals surface area contributed by atoms with E-state index in [4.69, 9.17) is 9.52 Å². The minimum absolute atomic E-state index is 0.261. The molecule has 3 aromatic rings. The quantitative estimate of drug-likeness (QED) is 0.789. The number of aromatic nitrogens is 1. The molecule has 0 unspecified atom stereocenters. The van der Waals surface area contributed by atoms with Gasteiger partial charge in [-0.2, -0.15) is 0 Å². The van der Waals surface area contributed by atoms with E-state index < -0.39 is 5.97 Å². The van der Waals surface area contributed by atoms with Crippen LogP contribution in [-0.4, -0.2) is 23.1 Å². The van der Waals surface area contributed by atoms with Crippen molar-refractivity contribution in [3.8, 4) is 0 Å². The molecule has 0 aliphatic carbocycles. The minimum atomic E-state index is -0.936. The van der Waals surface area contributed by atoms with Gasteiger partial charge in [-0.3, -0.25) is 0 Å². The SMILES string of the molecule is CN(c1ccc(C(=O)O)cc1)c1nccc2occc12. The van der Waals surface area contributed by atoms with Gasteiger partial charge < -0.3 is 14.4 Å². The number of carboxylic acid groups (broad SMARTS) is 1. The van der Waals surface area contributed by atoms with Gasteiger partial charge in [0.15, 0.2) is 0 Å². The predicted octanol–water partition coefficient (Wildman–Crippen LogP) is 3.29. The van der Waals surface area contributed by atoms with Crippen molar-refractivity contribution in [2.75, 3.05) is 11.9 Å². The number of furan rings is 1. The van der Waals surface area contributed by atoms with E-state index in [1.165, 1.54) is 0 Å². The first-order valence-corrected chi connectivity index (χ1v) is 6.06. The van der Waals surface area contributed by atoms with Crippen LogP contribution in [0.4, 0.5) is 11.5 Å². The number of benzene rings is 1. The van der Waals surface area contributed by atoms with Crippen molar-refractivity contribution in [2.45, 2.75) is 0 Å². The van der Waals surface area contributed by atoms with Gasteiger partial charge in [0, 0.05) is 18.9 Å². The number of aromatic carboxylic acids is 1. The highest BCUT2D eigenvalue weighted by Gasteiger charge is 2.11. The topological polar surface area (TPSA) is 66.6 Å². The zero-order valence-electron chi connectivity index (χ0n) is 10.8. The highest BCUT2D eigenvalue weighted by atomic mass is 16.4. The molecule has 0 spiro atoms. The summed E-state index contributed by atoms with van der Waals surface area (Å²) in [5.74, 6) is -0.173.